The van der Waals surface area contributed by atoms with Crippen LogP contribution in [0.25, 0.3) is 16.9 Å². The van der Waals surface area contributed by atoms with Crippen molar-refractivity contribution in [3.63, 3.8) is 0 Å². The summed E-state index contributed by atoms with van der Waals surface area (Å²) >= 11 is 0.922. The van der Waals surface area contributed by atoms with Crippen molar-refractivity contribution < 1.29 is 30.4 Å². The number of aromatic nitrogens is 4. The normalized spacial score (nSPS) is 12.1. The van der Waals surface area contributed by atoms with Gasteiger partial charge in [-0.3, -0.25) is 4.98 Å². The number of sulfonamides is 1. The number of pyridine rings is 1. The summed E-state index contributed by atoms with van der Waals surface area (Å²) in [4.78, 5) is 8.60. The monoisotopic (exact) mass is 589 g/mol. The van der Waals surface area contributed by atoms with Gasteiger partial charge in [-0.2, -0.15) is 18.3 Å². The number of benzene rings is 1. The number of thiophene rings is 1. The van der Waals surface area contributed by atoms with E-state index in [0.717, 1.165) is 46.2 Å². The summed E-state index contributed by atoms with van der Waals surface area (Å²) in [6.07, 6.45) is -4.37. The molecule has 0 bridgehead atoms. The number of hydrogen-bond acceptors (Lipinski definition) is 6. The van der Waals surface area contributed by atoms with Crippen LogP contribution in [0.15, 0.2) is 77.3 Å². The maximum absolute atomic E-state index is 13.8. The molecular weight excluding hydrogens is 573 g/mol. The Balaban J connectivity index is 1.40. The fourth-order valence-corrected chi connectivity index (χ4v) is 5.82. The van der Waals surface area contributed by atoms with Crippen LogP contribution in [0.1, 0.15) is 33.8 Å². The molecule has 0 saturated carbocycles. The highest BCUT2D eigenvalue weighted by atomic mass is 32.2. The van der Waals surface area contributed by atoms with E-state index in [2.05, 4.69) is 31.6 Å². The first-order valence-corrected chi connectivity index (χ1v) is 13.7. The summed E-state index contributed by atoms with van der Waals surface area (Å²) in [5.41, 5.74) is -0.330. The van der Waals surface area contributed by atoms with Crippen molar-refractivity contribution in [1.82, 2.24) is 24.3 Å². The SMILES string of the molecule is O=S(=O)(NCc1cccnc1)c1ccc(C#Cc2cc3nc(-c4ccc(C(F)(F)F)cc4)cc(C(F)F)n3n2)s1. The van der Waals surface area contributed by atoms with Gasteiger partial charge in [0, 0.05) is 30.6 Å². The maximum Gasteiger partial charge on any atom is 0.416 e. The molecule has 0 aliphatic heterocycles. The van der Waals surface area contributed by atoms with Crippen molar-refractivity contribution in [1.29, 1.82) is 0 Å². The topological polar surface area (TPSA) is 89.2 Å². The standard InChI is InChI=1S/C26H16F5N5O2S2/c27-25(28)22-13-21(17-3-5-18(6-4-17)26(29,30)31)34-23-12-19(35-36(22)23)7-8-20-9-10-24(39-20)40(37,38)33-15-16-2-1-11-32-14-16/h1-6,9-14,25,33H,15H2. The Labute approximate surface area is 228 Å². The lowest BCUT2D eigenvalue weighted by Crippen LogP contribution is -2.22. The van der Waals surface area contributed by atoms with E-state index in [-0.39, 0.29) is 33.4 Å². The van der Waals surface area contributed by atoms with Gasteiger partial charge < -0.3 is 0 Å². The first-order valence-electron chi connectivity index (χ1n) is 11.4. The predicted molar refractivity (Wildman–Crippen MR) is 137 cm³/mol. The van der Waals surface area contributed by atoms with E-state index in [1.165, 1.54) is 18.2 Å². The predicted octanol–water partition coefficient (Wildman–Crippen LogP) is 5.69. The summed E-state index contributed by atoms with van der Waals surface area (Å²) in [5, 5.41) is 4.07. The van der Waals surface area contributed by atoms with Crippen LogP contribution < -0.4 is 4.72 Å². The van der Waals surface area contributed by atoms with Crippen LogP contribution in [0.2, 0.25) is 0 Å². The van der Waals surface area contributed by atoms with Gasteiger partial charge in [0.05, 0.1) is 16.1 Å². The fraction of sp³-hybridized carbons (Fsp3) is 0.115. The second kappa shape index (κ2) is 10.8. The minimum Gasteiger partial charge on any atom is -0.264 e. The van der Waals surface area contributed by atoms with Crippen LogP contribution in [0.4, 0.5) is 22.0 Å². The van der Waals surface area contributed by atoms with Crippen molar-refractivity contribution in [3.05, 3.63) is 100 Å². The summed E-state index contributed by atoms with van der Waals surface area (Å²) in [6, 6.07) is 12.7. The Bertz CT molecular complexity index is 1840. The zero-order chi connectivity index (χ0) is 28.5. The second-order valence-corrected chi connectivity index (χ2v) is 11.4. The van der Waals surface area contributed by atoms with Gasteiger partial charge in [0.15, 0.2) is 5.65 Å². The van der Waals surface area contributed by atoms with Crippen LogP contribution in [-0.2, 0) is 22.7 Å². The number of alkyl halides is 5. The second-order valence-electron chi connectivity index (χ2n) is 8.30. The first kappa shape index (κ1) is 27.4. The highest BCUT2D eigenvalue weighted by Crippen LogP contribution is 2.32. The Morgan fingerprint density at radius 3 is 2.48 bits per heavy atom. The molecule has 0 saturated heterocycles. The Morgan fingerprint density at radius 1 is 1.02 bits per heavy atom. The molecule has 40 heavy (non-hydrogen) atoms. The summed E-state index contributed by atoms with van der Waals surface area (Å²) in [5.74, 6) is 5.49. The number of nitrogens with one attached hydrogen (secondary N) is 1. The van der Waals surface area contributed by atoms with E-state index in [0.29, 0.717) is 10.4 Å². The van der Waals surface area contributed by atoms with Crippen molar-refractivity contribution in [2.45, 2.75) is 23.4 Å². The third kappa shape index (κ3) is 6.01. The molecule has 4 aromatic heterocycles. The minimum atomic E-state index is -4.53. The molecule has 7 nitrogen and oxygen atoms in total. The molecule has 0 radical (unpaired) electrons. The van der Waals surface area contributed by atoms with Crippen LogP contribution in [0.3, 0.4) is 0 Å². The lowest BCUT2D eigenvalue weighted by atomic mass is 10.1. The van der Waals surface area contributed by atoms with Crippen LogP contribution in [0.5, 0.6) is 0 Å². The van der Waals surface area contributed by atoms with E-state index in [1.807, 2.05) is 0 Å². The fourth-order valence-electron chi connectivity index (χ4n) is 3.60. The lowest BCUT2D eigenvalue weighted by molar-refractivity contribution is -0.137. The van der Waals surface area contributed by atoms with Gasteiger partial charge in [0.25, 0.3) is 6.43 Å². The quantitative estimate of drug-likeness (QED) is 0.203. The molecule has 0 spiro atoms. The first-order chi connectivity index (χ1) is 19.0. The summed E-state index contributed by atoms with van der Waals surface area (Å²) in [6.45, 7) is 0.0598. The number of nitrogens with zero attached hydrogens (tertiary/aromatic N) is 4. The van der Waals surface area contributed by atoms with Crippen molar-refractivity contribution in [2.75, 3.05) is 0 Å². The molecule has 0 aliphatic carbocycles. The molecule has 0 unspecified atom stereocenters. The van der Waals surface area contributed by atoms with Crippen molar-refractivity contribution >= 4 is 27.0 Å². The van der Waals surface area contributed by atoms with E-state index >= 15 is 0 Å². The minimum absolute atomic E-state index is 0.0195. The molecule has 5 aromatic rings. The molecule has 1 aromatic carbocycles. The Morgan fingerprint density at radius 2 is 1.80 bits per heavy atom. The Hall–Kier alpha value is -4.19. The van der Waals surface area contributed by atoms with Gasteiger partial charge in [-0.15, -0.1) is 11.3 Å². The van der Waals surface area contributed by atoms with Crippen molar-refractivity contribution in [3.8, 4) is 23.1 Å². The molecule has 0 amide bonds. The third-order valence-electron chi connectivity index (χ3n) is 5.54. The molecule has 0 aliphatic rings. The molecule has 0 fully saturated rings. The van der Waals surface area contributed by atoms with E-state index in [4.69, 9.17) is 0 Å². The van der Waals surface area contributed by atoms with Crippen LogP contribution in [-0.4, -0.2) is 28.0 Å². The number of rotatable bonds is 6. The van der Waals surface area contributed by atoms with Gasteiger partial charge >= 0.3 is 6.18 Å². The zero-order valence-corrected chi connectivity index (χ0v) is 21.7. The van der Waals surface area contributed by atoms with Crippen LogP contribution in [0, 0.1) is 11.8 Å². The van der Waals surface area contributed by atoms with Gasteiger partial charge in [-0.1, -0.05) is 18.2 Å². The molecule has 0 atom stereocenters. The number of fused-ring (bicyclic) bond motifs is 1. The van der Waals surface area contributed by atoms with Gasteiger partial charge in [-0.25, -0.2) is 31.4 Å². The van der Waals surface area contributed by atoms with Gasteiger partial charge in [-0.05, 0) is 53.8 Å². The van der Waals surface area contributed by atoms with E-state index in [9.17, 15) is 30.4 Å². The Kier molecular flexibility index (Phi) is 7.37. The average molecular weight is 590 g/mol. The van der Waals surface area contributed by atoms with Gasteiger partial charge in [0.2, 0.25) is 10.0 Å². The highest BCUT2D eigenvalue weighted by Gasteiger charge is 2.30. The zero-order valence-electron chi connectivity index (χ0n) is 20.0. The number of hydrogen-bond donors (Lipinski definition) is 1. The van der Waals surface area contributed by atoms with E-state index < -0.39 is 33.9 Å². The van der Waals surface area contributed by atoms with Crippen molar-refractivity contribution in [2.24, 2.45) is 0 Å². The molecule has 1 N–H and O–H groups in total. The number of halogens is 5. The van der Waals surface area contributed by atoms with Gasteiger partial charge in [0.1, 0.15) is 15.6 Å². The summed E-state index contributed by atoms with van der Waals surface area (Å²) < 4.78 is 94.9. The molecule has 204 valence electrons. The largest absolute Gasteiger partial charge is 0.416 e. The molecule has 5 rings (SSSR count). The lowest BCUT2D eigenvalue weighted by Gasteiger charge is -2.09. The highest BCUT2D eigenvalue weighted by molar-refractivity contribution is 7.91. The average Bonchev–Trinajstić information content (AvgIpc) is 3.58. The molecular formula is C26H16F5N5O2S2. The molecule has 14 heteroatoms. The maximum atomic E-state index is 13.8. The molecule has 4 heterocycles. The summed E-state index contributed by atoms with van der Waals surface area (Å²) in [7, 11) is -3.80. The smallest absolute Gasteiger partial charge is 0.264 e. The van der Waals surface area contributed by atoms with Crippen LogP contribution >= 0.6 is 11.3 Å². The van der Waals surface area contributed by atoms with E-state index in [1.54, 1.807) is 24.5 Å². The third-order valence-corrected chi connectivity index (χ3v) is 8.43.